The highest BCUT2D eigenvalue weighted by Gasteiger charge is 2.22. The summed E-state index contributed by atoms with van der Waals surface area (Å²) in [5, 5.41) is 13.3. The second-order valence-electron chi connectivity index (χ2n) is 3.26. The molecule has 15 heavy (non-hydrogen) atoms. The molecule has 0 spiro atoms. The Labute approximate surface area is 95.1 Å². The van der Waals surface area contributed by atoms with Crippen molar-refractivity contribution in [2.75, 3.05) is 0 Å². The lowest BCUT2D eigenvalue weighted by Gasteiger charge is -2.17. The van der Waals surface area contributed by atoms with E-state index in [1.165, 1.54) is 0 Å². The number of aliphatic hydroxyl groups is 1. The molecule has 1 aliphatic rings. The molecule has 0 saturated carbocycles. The van der Waals surface area contributed by atoms with Crippen LogP contribution in [0, 0.1) is 0 Å². The van der Waals surface area contributed by atoms with E-state index < -0.39 is 12.0 Å². The van der Waals surface area contributed by atoms with Gasteiger partial charge in [0.25, 0.3) is 5.91 Å². The molecule has 0 fully saturated rings. The summed E-state index contributed by atoms with van der Waals surface area (Å²) in [5.41, 5.74) is 3.86. The first-order chi connectivity index (χ1) is 7.16. The molecule has 1 aromatic carbocycles. The average Bonchev–Trinajstić information content (AvgIpc) is 2.22. The summed E-state index contributed by atoms with van der Waals surface area (Å²) in [6, 6.07) is 7.56. The van der Waals surface area contributed by atoms with Crippen LogP contribution in [0.15, 0.2) is 33.8 Å². The highest BCUT2D eigenvalue weighted by atomic mass is 79.9. The van der Waals surface area contributed by atoms with E-state index in [1.807, 2.05) is 24.3 Å². The third-order valence-electron chi connectivity index (χ3n) is 2.15. The van der Waals surface area contributed by atoms with E-state index in [1.54, 1.807) is 0 Å². The number of carbonyl (C=O) groups is 1. The standard InChI is InChI=1S/C10H9BrN2O2/c11-7-3-1-2-6(4-7)8-5-9(14)10(15)13-12-8/h1-4,9,14H,5H2,(H,13,15). The maximum Gasteiger partial charge on any atom is 0.269 e. The van der Waals surface area contributed by atoms with Crippen LogP contribution in [0.1, 0.15) is 12.0 Å². The number of hydrazone groups is 1. The fourth-order valence-corrected chi connectivity index (χ4v) is 1.77. The fraction of sp³-hybridized carbons (Fsp3) is 0.200. The molecule has 1 atom stereocenters. The predicted molar refractivity (Wildman–Crippen MR) is 59.4 cm³/mol. The lowest BCUT2D eigenvalue weighted by atomic mass is 10.0. The third kappa shape index (κ3) is 2.24. The summed E-state index contributed by atoms with van der Waals surface area (Å²) in [6.45, 7) is 0. The molecule has 4 nitrogen and oxygen atoms in total. The van der Waals surface area contributed by atoms with Gasteiger partial charge in [-0.1, -0.05) is 28.1 Å². The Bertz CT molecular complexity index is 431. The summed E-state index contributed by atoms with van der Waals surface area (Å²) in [5.74, 6) is -0.450. The monoisotopic (exact) mass is 268 g/mol. The van der Waals surface area contributed by atoms with Crippen molar-refractivity contribution in [1.82, 2.24) is 5.43 Å². The van der Waals surface area contributed by atoms with Crippen molar-refractivity contribution in [3.63, 3.8) is 0 Å². The molecule has 1 amide bonds. The second kappa shape index (κ2) is 4.12. The van der Waals surface area contributed by atoms with E-state index in [-0.39, 0.29) is 6.42 Å². The third-order valence-corrected chi connectivity index (χ3v) is 2.64. The summed E-state index contributed by atoms with van der Waals surface area (Å²) in [7, 11) is 0. The van der Waals surface area contributed by atoms with Crippen LogP contribution in [-0.4, -0.2) is 22.8 Å². The van der Waals surface area contributed by atoms with Crippen LogP contribution >= 0.6 is 15.9 Å². The minimum Gasteiger partial charge on any atom is -0.383 e. The quantitative estimate of drug-likeness (QED) is 0.800. The molecule has 0 radical (unpaired) electrons. The number of benzene rings is 1. The van der Waals surface area contributed by atoms with Gasteiger partial charge in [0.2, 0.25) is 0 Å². The van der Waals surface area contributed by atoms with Crippen molar-refractivity contribution in [2.45, 2.75) is 12.5 Å². The van der Waals surface area contributed by atoms with E-state index in [2.05, 4.69) is 26.5 Å². The molecule has 1 unspecified atom stereocenters. The van der Waals surface area contributed by atoms with Crippen molar-refractivity contribution in [2.24, 2.45) is 5.10 Å². The molecular formula is C10H9BrN2O2. The van der Waals surface area contributed by atoms with Crippen molar-refractivity contribution >= 4 is 27.5 Å². The van der Waals surface area contributed by atoms with Crippen LogP contribution in [0.2, 0.25) is 0 Å². The molecule has 0 aliphatic carbocycles. The summed E-state index contributed by atoms with van der Waals surface area (Å²) >= 11 is 3.35. The Morgan fingerprint density at radius 1 is 1.53 bits per heavy atom. The van der Waals surface area contributed by atoms with Gasteiger partial charge in [-0.3, -0.25) is 4.79 Å². The van der Waals surface area contributed by atoms with Crippen LogP contribution in [0.25, 0.3) is 0 Å². The summed E-state index contributed by atoms with van der Waals surface area (Å²) in [6.07, 6.45) is -0.751. The molecule has 1 aliphatic heterocycles. The number of hydrogen-bond acceptors (Lipinski definition) is 3. The van der Waals surface area contributed by atoms with Crippen molar-refractivity contribution in [3.05, 3.63) is 34.3 Å². The van der Waals surface area contributed by atoms with Gasteiger partial charge in [-0.05, 0) is 17.7 Å². The van der Waals surface area contributed by atoms with Crippen molar-refractivity contribution in [3.8, 4) is 0 Å². The molecule has 1 heterocycles. The van der Waals surface area contributed by atoms with E-state index >= 15 is 0 Å². The van der Waals surface area contributed by atoms with Gasteiger partial charge in [-0.15, -0.1) is 0 Å². The zero-order valence-electron chi connectivity index (χ0n) is 7.77. The second-order valence-corrected chi connectivity index (χ2v) is 4.18. The fourth-order valence-electron chi connectivity index (χ4n) is 1.37. The Morgan fingerprint density at radius 2 is 2.33 bits per heavy atom. The number of aliphatic hydroxyl groups excluding tert-OH is 1. The van der Waals surface area contributed by atoms with Crippen LogP contribution in [-0.2, 0) is 4.79 Å². The van der Waals surface area contributed by atoms with Gasteiger partial charge in [0.1, 0.15) is 6.10 Å². The Kier molecular flexibility index (Phi) is 2.83. The molecule has 2 N–H and O–H groups in total. The lowest BCUT2D eigenvalue weighted by Crippen LogP contribution is -2.38. The van der Waals surface area contributed by atoms with Gasteiger partial charge < -0.3 is 5.11 Å². The Hall–Kier alpha value is -1.20. The SMILES string of the molecule is O=C1NN=C(c2cccc(Br)c2)CC1O. The molecule has 78 valence electrons. The van der Waals surface area contributed by atoms with Crippen molar-refractivity contribution < 1.29 is 9.90 Å². The van der Waals surface area contributed by atoms with Crippen LogP contribution in [0.3, 0.4) is 0 Å². The highest BCUT2D eigenvalue weighted by molar-refractivity contribution is 9.10. The highest BCUT2D eigenvalue weighted by Crippen LogP contribution is 2.15. The normalized spacial score (nSPS) is 20.8. The van der Waals surface area contributed by atoms with Gasteiger partial charge in [-0.25, -0.2) is 5.43 Å². The maximum absolute atomic E-state index is 11.0. The topological polar surface area (TPSA) is 61.7 Å². The van der Waals surface area contributed by atoms with E-state index in [0.717, 1.165) is 10.0 Å². The maximum atomic E-state index is 11.0. The minimum atomic E-state index is -1.00. The van der Waals surface area contributed by atoms with Gasteiger partial charge in [0, 0.05) is 10.9 Å². The molecule has 0 aromatic heterocycles. The van der Waals surface area contributed by atoms with Gasteiger partial charge in [0.15, 0.2) is 0 Å². The minimum absolute atomic E-state index is 0.252. The van der Waals surface area contributed by atoms with Gasteiger partial charge in [-0.2, -0.15) is 5.10 Å². The zero-order valence-corrected chi connectivity index (χ0v) is 9.36. The Balaban J connectivity index is 2.29. The number of halogens is 1. The number of amides is 1. The number of nitrogens with one attached hydrogen (secondary N) is 1. The number of hydrogen-bond donors (Lipinski definition) is 2. The lowest BCUT2D eigenvalue weighted by molar-refractivity contribution is -0.129. The number of rotatable bonds is 1. The molecule has 0 bridgehead atoms. The molecular weight excluding hydrogens is 260 g/mol. The summed E-state index contributed by atoms with van der Waals surface area (Å²) < 4.78 is 0.939. The van der Waals surface area contributed by atoms with Crippen molar-refractivity contribution in [1.29, 1.82) is 0 Å². The predicted octanol–water partition coefficient (Wildman–Crippen LogP) is 1.03. The van der Waals surface area contributed by atoms with E-state index in [4.69, 9.17) is 0 Å². The largest absolute Gasteiger partial charge is 0.383 e. The summed E-state index contributed by atoms with van der Waals surface area (Å²) in [4.78, 5) is 11.0. The van der Waals surface area contributed by atoms with Gasteiger partial charge >= 0.3 is 0 Å². The Morgan fingerprint density at radius 3 is 3.00 bits per heavy atom. The van der Waals surface area contributed by atoms with Crippen LogP contribution in [0.5, 0.6) is 0 Å². The first-order valence-corrected chi connectivity index (χ1v) is 5.26. The number of nitrogens with zero attached hydrogens (tertiary/aromatic N) is 1. The van der Waals surface area contributed by atoms with Crippen LogP contribution < -0.4 is 5.43 Å². The number of carbonyl (C=O) groups excluding carboxylic acids is 1. The smallest absolute Gasteiger partial charge is 0.269 e. The van der Waals surface area contributed by atoms with Gasteiger partial charge in [0.05, 0.1) is 5.71 Å². The molecule has 5 heteroatoms. The van der Waals surface area contributed by atoms with Crippen LogP contribution in [0.4, 0.5) is 0 Å². The first kappa shape index (κ1) is 10.3. The first-order valence-electron chi connectivity index (χ1n) is 4.47. The van der Waals surface area contributed by atoms with E-state index in [9.17, 15) is 9.90 Å². The molecule has 2 rings (SSSR count). The zero-order chi connectivity index (χ0) is 10.8. The van der Waals surface area contributed by atoms with E-state index in [0.29, 0.717) is 5.71 Å². The molecule has 1 aromatic rings. The average molecular weight is 269 g/mol. The molecule has 0 saturated heterocycles.